The van der Waals surface area contributed by atoms with E-state index in [1.807, 2.05) is 0 Å². The van der Waals surface area contributed by atoms with Crippen LogP contribution >= 0.6 is 22.9 Å². The van der Waals surface area contributed by atoms with Crippen LogP contribution in [0.2, 0.25) is 4.34 Å². The molecular weight excluding hydrogens is 592 g/mol. The SMILES string of the molecule is CC(C)(C)CN(CC(F)F)[C@H](CNC(=O)c1ccc(Cl)s1)C(=O)Nc1ccc(N2CCOCC2=O)cc1OC(F)F. The van der Waals surface area contributed by atoms with Crippen LogP contribution in [0, 0.1) is 5.41 Å². The summed E-state index contributed by atoms with van der Waals surface area (Å²) in [7, 11) is 0. The second-order valence-electron chi connectivity index (χ2n) is 10.4. The lowest BCUT2D eigenvalue weighted by Crippen LogP contribution is -2.54. The second-order valence-corrected chi connectivity index (χ2v) is 12.1. The summed E-state index contributed by atoms with van der Waals surface area (Å²) in [6, 6.07) is 5.57. The van der Waals surface area contributed by atoms with Gasteiger partial charge in [-0.15, -0.1) is 11.3 Å². The Balaban J connectivity index is 1.91. The molecule has 226 valence electrons. The summed E-state index contributed by atoms with van der Waals surface area (Å²) in [6.45, 7) is 1.29. The van der Waals surface area contributed by atoms with E-state index in [4.69, 9.17) is 16.3 Å². The number of halogens is 5. The summed E-state index contributed by atoms with van der Waals surface area (Å²) in [4.78, 5) is 41.3. The van der Waals surface area contributed by atoms with E-state index in [2.05, 4.69) is 15.4 Å². The van der Waals surface area contributed by atoms with Crippen molar-refractivity contribution in [2.24, 2.45) is 5.41 Å². The highest BCUT2D eigenvalue weighted by atomic mass is 35.5. The Bertz CT molecular complexity index is 1230. The molecule has 2 heterocycles. The monoisotopic (exact) mass is 622 g/mol. The number of morpholine rings is 1. The van der Waals surface area contributed by atoms with Crippen molar-refractivity contribution < 1.29 is 41.4 Å². The van der Waals surface area contributed by atoms with Gasteiger partial charge < -0.3 is 25.0 Å². The minimum atomic E-state index is -3.26. The lowest BCUT2D eigenvalue weighted by atomic mass is 9.95. The zero-order valence-corrected chi connectivity index (χ0v) is 24.2. The first-order chi connectivity index (χ1) is 19.2. The molecule has 0 spiro atoms. The van der Waals surface area contributed by atoms with E-state index in [0.29, 0.717) is 4.34 Å². The van der Waals surface area contributed by atoms with Crippen LogP contribution in [0.25, 0.3) is 0 Å². The number of hydrogen-bond donors (Lipinski definition) is 2. The first kappa shape index (κ1) is 32.6. The molecule has 1 aromatic heterocycles. The smallest absolute Gasteiger partial charge is 0.387 e. The largest absolute Gasteiger partial charge is 0.433 e. The van der Waals surface area contributed by atoms with Crippen LogP contribution in [-0.4, -0.2) is 81.1 Å². The molecule has 1 aliphatic rings. The lowest BCUT2D eigenvalue weighted by molar-refractivity contribution is -0.125. The normalized spacial score (nSPS) is 15.0. The third-order valence-electron chi connectivity index (χ3n) is 5.78. The number of nitrogens with one attached hydrogen (secondary N) is 2. The molecule has 1 aliphatic heterocycles. The van der Waals surface area contributed by atoms with Crippen molar-refractivity contribution in [3.63, 3.8) is 0 Å². The quantitative estimate of drug-likeness (QED) is 0.333. The number of alkyl halides is 4. The van der Waals surface area contributed by atoms with E-state index < -0.39 is 48.6 Å². The van der Waals surface area contributed by atoms with Gasteiger partial charge in [0.25, 0.3) is 18.2 Å². The van der Waals surface area contributed by atoms with Gasteiger partial charge in [0, 0.05) is 31.4 Å². The van der Waals surface area contributed by atoms with Gasteiger partial charge >= 0.3 is 6.61 Å². The molecule has 0 bridgehead atoms. The molecule has 0 radical (unpaired) electrons. The number of hydrogen-bond acceptors (Lipinski definition) is 7. The Hall–Kier alpha value is -2.94. The summed E-state index contributed by atoms with van der Waals surface area (Å²) in [6.07, 6.45) is -2.80. The van der Waals surface area contributed by atoms with Crippen LogP contribution in [-0.2, 0) is 14.3 Å². The van der Waals surface area contributed by atoms with Crippen molar-refractivity contribution in [3.05, 3.63) is 39.5 Å². The predicted octanol–water partition coefficient (Wildman–Crippen LogP) is 4.72. The zero-order chi connectivity index (χ0) is 30.3. The molecule has 9 nitrogen and oxygen atoms in total. The lowest BCUT2D eigenvalue weighted by Gasteiger charge is -2.35. The van der Waals surface area contributed by atoms with Gasteiger partial charge in [-0.05, 0) is 29.7 Å². The molecule has 1 fully saturated rings. The number of ether oxygens (including phenoxy) is 2. The summed E-state index contributed by atoms with van der Waals surface area (Å²) in [5, 5.41) is 5.06. The molecule has 2 N–H and O–H groups in total. The zero-order valence-electron chi connectivity index (χ0n) is 22.6. The topological polar surface area (TPSA) is 100 Å². The van der Waals surface area contributed by atoms with E-state index in [9.17, 15) is 31.9 Å². The minimum Gasteiger partial charge on any atom is -0.433 e. The standard InChI is InChI=1S/C26H31ClF4N4O5S/c1-26(2,3)14-34(12-21(28)29)17(11-32-24(38)19-6-7-20(27)41-19)23(37)33-16-5-4-15(10-18(16)40-25(30)31)35-8-9-39-13-22(35)36/h4-7,10,17,21,25H,8-9,11-14H2,1-3H3,(H,32,38)(H,33,37)/t17-/m1/s1. The average molecular weight is 623 g/mol. The van der Waals surface area contributed by atoms with Crippen LogP contribution in [0.4, 0.5) is 28.9 Å². The van der Waals surface area contributed by atoms with Gasteiger partial charge in [-0.1, -0.05) is 32.4 Å². The molecular formula is C26H31ClF4N4O5S. The maximum Gasteiger partial charge on any atom is 0.387 e. The molecule has 0 unspecified atom stereocenters. The first-order valence-corrected chi connectivity index (χ1v) is 13.8. The third kappa shape index (κ3) is 9.83. The van der Waals surface area contributed by atoms with Gasteiger partial charge in [-0.3, -0.25) is 19.3 Å². The Morgan fingerprint density at radius 3 is 2.51 bits per heavy atom. The highest BCUT2D eigenvalue weighted by molar-refractivity contribution is 7.18. The van der Waals surface area contributed by atoms with E-state index in [0.717, 1.165) is 11.3 Å². The Morgan fingerprint density at radius 2 is 1.93 bits per heavy atom. The Kier molecular flexibility index (Phi) is 11.4. The third-order valence-corrected chi connectivity index (χ3v) is 7.01. The van der Waals surface area contributed by atoms with E-state index in [1.54, 1.807) is 20.8 Å². The summed E-state index contributed by atoms with van der Waals surface area (Å²) >= 11 is 6.90. The molecule has 2 aromatic rings. The fraction of sp³-hybridized carbons (Fsp3) is 0.500. The minimum absolute atomic E-state index is 0.0502. The van der Waals surface area contributed by atoms with Crippen molar-refractivity contribution in [3.8, 4) is 5.75 Å². The molecule has 3 rings (SSSR count). The fourth-order valence-corrected chi connectivity index (χ4v) is 5.13. The highest BCUT2D eigenvalue weighted by Crippen LogP contribution is 2.32. The van der Waals surface area contributed by atoms with Crippen LogP contribution in [0.15, 0.2) is 30.3 Å². The van der Waals surface area contributed by atoms with Gasteiger partial charge in [0.15, 0.2) is 5.75 Å². The van der Waals surface area contributed by atoms with E-state index >= 15 is 0 Å². The molecule has 3 amide bonds. The van der Waals surface area contributed by atoms with Gasteiger partial charge in [0.2, 0.25) is 5.91 Å². The number of thiophene rings is 1. The van der Waals surface area contributed by atoms with E-state index in [-0.39, 0.29) is 55.0 Å². The molecule has 15 heteroatoms. The van der Waals surface area contributed by atoms with Crippen molar-refractivity contribution in [2.45, 2.75) is 39.9 Å². The summed E-state index contributed by atoms with van der Waals surface area (Å²) < 4.78 is 63.9. The summed E-state index contributed by atoms with van der Waals surface area (Å²) in [5.41, 5.74) is -0.444. The summed E-state index contributed by atoms with van der Waals surface area (Å²) in [5.74, 6) is -2.22. The van der Waals surface area contributed by atoms with Gasteiger partial charge in [0.1, 0.15) is 12.6 Å². The number of nitrogens with zero attached hydrogens (tertiary/aromatic N) is 2. The molecule has 1 aromatic carbocycles. The van der Waals surface area contributed by atoms with Crippen LogP contribution < -0.4 is 20.3 Å². The number of anilines is 2. The predicted molar refractivity (Wildman–Crippen MR) is 147 cm³/mol. The maximum atomic E-state index is 13.6. The first-order valence-electron chi connectivity index (χ1n) is 12.6. The second kappa shape index (κ2) is 14.3. The molecule has 1 atom stereocenters. The number of benzene rings is 1. The molecule has 0 aliphatic carbocycles. The number of carbonyl (C=O) groups excluding carboxylic acids is 3. The van der Waals surface area contributed by atoms with Crippen molar-refractivity contribution in [2.75, 3.05) is 49.6 Å². The van der Waals surface area contributed by atoms with Crippen LogP contribution in [0.1, 0.15) is 30.4 Å². The van der Waals surface area contributed by atoms with Gasteiger partial charge in [-0.2, -0.15) is 8.78 Å². The van der Waals surface area contributed by atoms with E-state index in [1.165, 1.54) is 40.1 Å². The van der Waals surface area contributed by atoms with Gasteiger partial charge in [0.05, 0.1) is 28.1 Å². The molecule has 41 heavy (non-hydrogen) atoms. The van der Waals surface area contributed by atoms with Crippen molar-refractivity contribution >= 4 is 52.0 Å². The van der Waals surface area contributed by atoms with Crippen molar-refractivity contribution in [1.82, 2.24) is 10.2 Å². The van der Waals surface area contributed by atoms with Crippen LogP contribution in [0.5, 0.6) is 5.75 Å². The highest BCUT2D eigenvalue weighted by Gasteiger charge is 2.33. The fourth-order valence-electron chi connectivity index (χ4n) is 4.17. The molecule has 1 saturated heterocycles. The van der Waals surface area contributed by atoms with Crippen molar-refractivity contribution in [1.29, 1.82) is 0 Å². The maximum absolute atomic E-state index is 13.6. The number of rotatable bonds is 12. The number of amides is 3. The van der Waals surface area contributed by atoms with Crippen LogP contribution in [0.3, 0.4) is 0 Å². The number of carbonyl (C=O) groups is 3. The average Bonchev–Trinajstić information content (AvgIpc) is 3.30. The Labute approximate surface area is 243 Å². The molecule has 0 saturated carbocycles. The van der Waals surface area contributed by atoms with Gasteiger partial charge in [-0.25, -0.2) is 8.78 Å². The Morgan fingerprint density at radius 1 is 1.20 bits per heavy atom.